The highest BCUT2D eigenvalue weighted by atomic mass is 35.5. The van der Waals surface area contributed by atoms with Crippen LogP contribution in [0.2, 0.25) is 10.0 Å². The van der Waals surface area contributed by atoms with Crippen LogP contribution < -0.4 is 4.74 Å². The summed E-state index contributed by atoms with van der Waals surface area (Å²) in [5.74, 6) is -0.199. The van der Waals surface area contributed by atoms with Gasteiger partial charge in [-0.3, -0.25) is 4.79 Å². The van der Waals surface area contributed by atoms with Crippen LogP contribution in [0.1, 0.15) is 36.5 Å². The van der Waals surface area contributed by atoms with Crippen LogP contribution in [0.3, 0.4) is 0 Å². The predicted octanol–water partition coefficient (Wildman–Crippen LogP) is 6.19. The molecule has 1 N–H and O–H groups in total. The quantitative estimate of drug-likeness (QED) is 0.663. The third-order valence-corrected chi connectivity index (χ3v) is 5.32. The highest BCUT2D eigenvalue weighted by Gasteiger charge is 2.29. The number of carboxylic acids is 1. The molecule has 0 heterocycles. The number of methoxy groups -OCH3 is 1. The summed E-state index contributed by atoms with van der Waals surface area (Å²) >= 11 is 12.5. The number of ether oxygens (including phenoxy) is 1. The standard InChI is InChI=1S/C21H18Cl2O3/c1-3-13-15(10-12-6-4-8-17(22)21(12)23)14-7-5-9-18(26-2)20(14)16(13)11-19(24)25/h4-10H,3,11H2,1-2H3,(H,24,25)/b15-10-. The Kier molecular flexibility index (Phi) is 5.40. The van der Waals surface area contributed by atoms with Crippen molar-refractivity contribution in [1.29, 1.82) is 0 Å². The Morgan fingerprint density at radius 2 is 1.88 bits per heavy atom. The number of fused-ring (bicyclic) bond motifs is 1. The molecule has 0 saturated carbocycles. The Morgan fingerprint density at radius 1 is 1.15 bits per heavy atom. The first kappa shape index (κ1) is 18.6. The molecular formula is C21H18Cl2O3. The summed E-state index contributed by atoms with van der Waals surface area (Å²) in [6.07, 6.45) is 2.61. The summed E-state index contributed by atoms with van der Waals surface area (Å²) < 4.78 is 5.50. The Morgan fingerprint density at radius 3 is 2.54 bits per heavy atom. The minimum Gasteiger partial charge on any atom is -0.496 e. The fourth-order valence-electron chi connectivity index (χ4n) is 3.42. The number of allylic oxidation sites excluding steroid dienone is 2. The molecule has 134 valence electrons. The number of rotatable bonds is 5. The van der Waals surface area contributed by atoms with Gasteiger partial charge in [0, 0.05) is 5.56 Å². The van der Waals surface area contributed by atoms with Crippen molar-refractivity contribution in [3.05, 3.63) is 68.7 Å². The summed E-state index contributed by atoms with van der Waals surface area (Å²) in [7, 11) is 1.59. The largest absolute Gasteiger partial charge is 0.496 e. The molecule has 1 aliphatic rings. The van der Waals surface area contributed by atoms with Gasteiger partial charge < -0.3 is 9.84 Å². The monoisotopic (exact) mass is 388 g/mol. The predicted molar refractivity (Wildman–Crippen MR) is 107 cm³/mol. The topological polar surface area (TPSA) is 46.5 Å². The molecule has 0 fully saturated rings. The molecule has 2 aromatic carbocycles. The van der Waals surface area contributed by atoms with Gasteiger partial charge in [0.25, 0.3) is 0 Å². The Balaban J connectivity index is 2.29. The van der Waals surface area contributed by atoms with Crippen molar-refractivity contribution in [3.8, 4) is 5.75 Å². The van der Waals surface area contributed by atoms with E-state index in [2.05, 4.69) is 0 Å². The number of halogens is 2. The van der Waals surface area contributed by atoms with Crippen LogP contribution in [0.25, 0.3) is 17.2 Å². The molecule has 0 bridgehead atoms. The third kappa shape index (κ3) is 3.25. The molecule has 26 heavy (non-hydrogen) atoms. The lowest BCUT2D eigenvalue weighted by molar-refractivity contribution is -0.135. The molecule has 3 nitrogen and oxygen atoms in total. The van der Waals surface area contributed by atoms with E-state index in [1.165, 1.54) is 0 Å². The van der Waals surface area contributed by atoms with E-state index >= 15 is 0 Å². The second kappa shape index (κ2) is 7.56. The highest BCUT2D eigenvalue weighted by Crippen LogP contribution is 2.49. The number of carbonyl (C=O) groups is 1. The van der Waals surface area contributed by atoms with E-state index < -0.39 is 5.97 Å². The molecule has 0 radical (unpaired) electrons. The minimum absolute atomic E-state index is 0.0584. The van der Waals surface area contributed by atoms with Gasteiger partial charge in [-0.05, 0) is 52.5 Å². The highest BCUT2D eigenvalue weighted by molar-refractivity contribution is 6.43. The zero-order valence-electron chi connectivity index (χ0n) is 14.5. The number of carboxylic acid groups (broad SMARTS) is 1. The first-order chi connectivity index (χ1) is 12.5. The van der Waals surface area contributed by atoms with Gasteiger partial charge in [-0.25, -0.2) is 0 Å². The van der Waals surface area contributed by atoms with Crippen LogP contribution in [-0.2, 0) is 4.79 Å². The lowest BCUT2D eigenvalue weighted by Crippen LogP contribution is -1.99. The van der Waals surface area contributed by atoms with Crippen LogP contribution in [0.4, 0.5) is 0 Å². The summed E-state index contributed by atoms with van der Waals surface area (Å²) in [6, 6.07) is 11.2. The number of hydrogen-bond acceptors (Lipinski definition) is 2. The molecule has 0 unspecified atom stereocenters. The van der Waals surface area contributed by atoms with Gasteiger partial charge in [0.15, 0.2) is 0 Å². The summed E-state index contributed by atoms with van der Waals surface area (Å²) in [6.45, 7) is 2.02. The van der Waals surface area contributed by atoms with Crippen LogP contribution in [0.5, 0.6) is 5.75 Å². The molecule has 0 amide bonds. The van der Waals surface area contributed by atoms with Crippen LogP contribution in [0.15, 0.2) is 42.0 Å². The first-order valence-corrected chi connectivity index (χ1v) is 9.01. The van der Waals surface area contributed by atoms with E-state index in [0.29, 0.717) is 22.2 Å². The maximum absolute atomic E-state index is 11.5. The van der Waals surface area contributed by atoms with Crippen molar-refractivity contribution in [2.24, 2.45) is 0 Å². The van der Waals surface area contributed by atoms with E-state index in [0.717, 1.165) is 33.4 Å². The van der Waals surface area contributed by atoms with Gasteiger partial charge >= 0.3 is 5.97 Å². The van der Waals surface area contributed by atoms with E-state index in [1.54, 1.807) is 13.2 Å². The number of benzene rings is 2. The Labute approximate surface area is 162 Å². The molecular weight excluding hydrogens is 371 g/mol. The molecule has 0 saturated heterocycles. The molecule has 3 rings (SSSR count). The molecule has 0 aromatic heterocycles. The molecule has 0 spiro atoms. The smallest absolute Gasteiger partial charge is 0.307 e. The lowest BCUT2D eigenvalue weighted by atomic mass is 9.98. The van der Waals surface area contributed by atoms with Gasteiger partial charge in [-0.2, -0.15) is 0 Å². The van der Waals surface area contributed by atoms with Crippen LogP contribution in [-0.4, -0.2) is 18.2 Å². The fraction of sp³-hybridized carbons (Fsp3) is 0.190. The van der Waals surface area contributed by atoms with Gasteiger partial charge in [0.2, 0.25) is 0 Å². The Hall–Kier alpha value is -2.23. The molecule has 1 aliphatic carbocycles. The average molecular weight is 389 g/mol. The van der Waals surface area contributed by atoms with E-state index in [4.69, 9.17) is 27.9 Å². The molecule has 2 aromatic rings. The lowest BCUT2D eigenvalue weighted by Gasteiger charge is -2.10. The SMILES string of the molecule is CCC1=C(CC(=O)O)c2c(OC)cccc2/C1=C\c1cccc(Cl)c1Cl. The van der Waals surface area contributed by atoms with Crippen LogP contribution in [0, 0.1) is 0 Å². The maximum atomic E-state index is 11.5. The van der Waals surface area contributed by atoms with E-state index in [9.17, 15) is 9.90 Å². The average Bonchev–Trinajstić information content (AvgIpc) is 2.91. The van der Waals surface area contributed by atoms with Gasteiger partial charge in [0.05, 0.1) is 23.6 Å². The van der Waals surface area contributed by atoms with Crippen molar-refractivity contribution in [3.63, 3.8) is 0 Å². The van der Waals surface area contributed by atoms with E-state index in [1.807, 2.05) is 43.3 Å². The van der Waals surface area contributed by atoms with Gasteiger partial charge in [-0.1, -0.05) is 54.4 Å². The van der Waals surface area contributed by atoms with Crippen molar-refractivity contribution in [2.45, 2.75) is 19.8 Å². The van der Waals surface area contributed by atoms with Crippen molar-refractivity contribution in [1.82, 2.24) is 0 Å². The first-order valence-electron chi connectivity index (χ1n) is 8.25. The van der Waals surface area contributed by atoms with E-state index in [-0.39, 0.29) is 6.42 Å². The van der Waals surface area contributed by atoms with Gasteiger partial charge in [-0.15, -0.1) is 0 Å². The fourth-order valence-corrected chi connectivity index (χ4v) is 3.78. The number of hydrogen-bond donors (Lipinski definition) is 1. The van der Waals surface area contributed by atoms with Crippen molar-refractivity contribution >= 4 is 46.4 Å². The second-order valence-corrected chi connectivity index (χ2v) is 6.75. The summed E-state index contributed by atoms with van der Waals surface area (Å²) in [5, 5.41) is 10.4. The van der Waals surface area contributed by atoms with Crippen molar-refractivity contribution < 1.29 is 14.6 Å². The summed E-state index contributed by atoms with van der Waals surface area (Å²) in [4.78, 5) is 11.5. The molecule has 0 aliphatic heterocycles. The summed E-state index contributed by atoms with van der Waals surface area (Å²) in [5.41, 5.74) is 5.33. The normalized spacial score (nSPS) is 14.7. The van der Waals surface area contributed by atoms with Gasteiger partial charge in [0.1, 0.15) is 5.75 Å². The van der Waals surface area contributed by atoms with Crippen LogP contribution >= 0.6 is 23.2 Å². The number of aliphatic carboxylic acids is 1. The zero-order valence-corrected chi connectivity index (χ0v) is 16.0. The molecule has 0 atom stereocenters. The molecule has 5 heteroatoms. The maximum Gasteiger partial charge on any atom is 0.307 e. The zero-order chi connectivity index (χ0) is 18.8. The second-order valence-electron chi connectivity index (χ2n) is 5.97. The third-order valence-electron chi connectivity index (χ3n) is 4.49. The minimum atomic E-state index is -0.871. The van der Waals surface area contributed by atoms with Crippen molar-refractivity contribution in [2.75, 3.05) is 7.11 Å². The Bertz CT molecular complexity index is 942.